The number of aromatic nitrogens is 1. The molecule has 18 heavy (non-hydrogen) atoms. The summed E-state index contributed by atoms with van der Waals surface area (Å²) < 4.78 is 13.0. The molecule has 1 aromatic carbocycles. The molecule has 0 saturated carbocycles. The summed E-state index contributed by atoms with van der Waals surface area (Å²) in [5.74, 6) is 0.198. The SMILES string of the molecule is Cc1ccc(N)c(NCc2ccc(F)c(Cl)c2)n1. The Balaban J connectivity index is 2.11. The lowest BCUT2D eigenvalue weighted by molar-refractivity contribution is 0.627. The fourth-order valence-electron chi connectivity index (χ4n) is 1.54. The van der Waals surface area contributed by atoms with Crippen LogP contribution in [0.5, 0.6) is 0 Å². The Kier molecular flexibility index (Phi) is 3.67. The summed E-state index contributed by atoms with van der Waals surface area (Å²) in [7, 11) is 0. The van der Waals surface area contributed by atoms with Gasteiger partial charge in [0.1, 0.15) is 11.6 Å². The first-order valence-corrected chi connectivity index (χ1v) is 5.85. The number of nitrogen functional groups attached to an aromatic ring is 1. The van der Waals surface area contributed by atoms with E-state index in [1.54, 1.807) is 18.2 Å². The van der Waals surface area contributed by atoms with Crippen molar-refractivity contribution in [3.8, 4) is 0 Å². The molecule has 0 aliphatic rings. The molecular formula is C13H13ClFN3. The summed E-state index contributed by atoms with van der Waals surface area (Å²) in [6.07, 6.45) is 0. The lowest BCUT2D eigenvalue weighted by Crippen LogP contribution is -2.05. The highest BCUT2D eigenvalue weighted by Gasteiger charge is 2.03. The van der Waals surface area contributed by atoms with Crippen LogP contribution in [0.1, 0.15) is 11.3 Å². The molecule has 0 aliphatic carbocycles. The van der Waals surface area contributed by atoms with E-state index >= 15 is 0 Å². The van der Waals surface area contributed by atoms with Crippen LogP contribution in [0, 0.1) is 12.7 Å². The molecule has 3 N–H and O–H groups in total. The minimum atomic E-state index is -0.423. The average Bonchev–Trinajstić information content (AvgIpc) is 2.34. The number of benzene rings is 1. The molecule has 2 rings (SSSR count). The van der Waals surface area contributed by atoms with Gasteiger partial charge < -0.3 is 11.1 Å². The molecule has 0 amide bonds. The zero-order valence-electron chi connectivity index (χ0n) is 9.87. The highest BCUT2D eigenvalue weighted by atomic mass is 35.5. The van der Waals surface area contributed by atoms with Gasteiger partial charge in [-0.15, -0.1) is 0 Å². The molecule has 0 saturated heterocycles. The van der Waals surface area contributed by atoms with Gasteiger partial charge in [0, 0.05) is 12.2 Å². The maximum Gasteiger partial charge on any atom is 0.149 e. The van der Waals surface area contributed by atoms with Gasteiger partial charge in [-0.1, -0.05) is 17.7 Å². The van der Waals surface area contributed by atoms with Gasteiger partial charge in [-0.05, 0) is 36.8 Å². The van der Waals surface area contributed by atoms with Crippen molar-refractivity contribution in [2.24, 2.45) is 0 Å². The van der Waals surface area contributed by atoms with E-state index in [-0.39, 0.29) is 5.02 Å². The number of anilines is 2. The summed E-state index contributed by atoms with van der Waals surface area (Å²) in [5, 5.41) is 3.21. The second-order valence-electron chi connectivity index (χ2n) is 3.99. The van der Waals surface area contributed by atoms with Crippen molar-refractivity contribution in [2.75, 3.05) is 11.1 Å². The van der Waals surface area contributed by atoms with E-state index in [4.69, 9.17) is 17.3 Å². The molecule has 0 atom stereocenters. The van der Waals surface area contributed by atoms with E-state index in [1.807, 2.05) is 13.0 Å². The third kappa shape index (κ3) is 2.90. The lowest BCUT2D eigenvalue weighted by atomic mass is 10.2. The predicted molar refractivity (Wildman–Crippen MR) is 72.1 cm³/mol. The molecule has 0 unspecified atom stereocenters. The van der Waals surface area contributed by atoms with E-state index in [9.17, 15) is 4.39 Å². The van der Waals surface area contributed by atoms with Gasteiger partial charge in [0.15, 0.2) is 0 Å². The molecule has 1 heterocycles. The second-order valence-corrected chi connectivity index (χ2v) is 4.40. The van der Waals surface area contributed by atoms with Gasteiger partial charge in [0.25, 0.3) is 0 Å². The number of hydrogen-bond donors (Lipinski definition) is 2. The zero-order valence-corrected chi connectivity index (χ0v) is 10.6. The molecule has 0 radical (unpaired) electrons. The maximum absolute atomic E-state index is 13.0. The van der Waals surface area contributed by atoms with E-state index in [2.05, 4.69) is 10.3 Å². The van der Waals surface area contributed by atoms with Crippen LogP contribution >= 0.6 is 11.6 Å². The number of pyridine rings is 1. The van der Waals surface area contributed by atoms with Crippen molar-refractivity contribution in [3.05, 3.63) is 52.4 Å². The minimum Gasteiger partial charge on any atom is -0.396 e. The molecule has 0 aliphatic heterocycles. The zero-order chi connectivity index (χ0) is 13.1. The van der Waals surface area contributed by atoms with Gasteiger partial charge in [-0.25, -0.2) is 9.37 Å². The summed E-state index contributed by atoms with van der Waals surface area (Å²) in [6.45, 7) is 2.38. The maximum atomic E-state index is 13.0. The van der Waals surface area contributed by atoms with Crippen molar-refractivity contribution in [2.45, 2.75) is 13.5 Å². The van der Waals surface area contributed by atoms with Crippen molar-refractivity contribution in [3.63, 3.8) is 0 Å². The monoisotopic (exact) mass is 265 g/mol. The van der Waals surface area contributed by atoms with Gasteiger partial charge in [0.05, 0.1) is 10.7 Å². The van der Waals surface area contributed by atoms with Gasteiger partial charge in [-0.2, -0.15) is 0 Å². The Bertz CT molecular complexity index is 572. The molecule has 0 bridgehead atoms. The van der Waals surface area contributed by atoms with Crippen molar-refractivity contribution >= 4 is 23.1 Å². The predicted octanol–water partition coefficient (Wildman–Crippen LogP) is 3.38. The van der Waals surface area contributed by atoms with Crippen LogP contribution in [-0.2, 0) is 6.54 Å². The standard InChI is InChI=1S/C13H13ClFN3/c1-8-2-5-12(16)13(18-8)17-7-9-3-4-11(15)10(14)6-9/h2-6H,7,16H2,1H3,(H,17,18). The topological polar surface area (TPSA) is 50.9 Å². The Morgan fingerprint density at radius 3 is 2.83 bits per heavy atom. The molecule has 94 valence electrons. The number of halogens is 2. The lowest BCUT2D eigenvalue weighted by Gasteiger charge is -2.09. The van der Waals surface area contributed by atoms with E-state index in [0.29, 0.717) is 18.1 Å². The highest BCUT2D eigenvalue weighted by molar-refractivity contribution is 6.30. The molecule has 0 spiro atoms. The number of nitrogens with one attached hydrogen (secondary N) is 1. The average molecular weight is 266 g/mol. The van der Waals surface area contributed by atoms with Crippen LogP contribution in [0.3, 0.4) is 0 Å². The molecule has 0 fully saturated rings. The normalized spacial score (nSPS) is 10.4. The van der Waals surface area contributed by atoms with Crippen molar-refractivity contribution < 1.29 is 4.39 Å². The smallest absolute Gasteiger partial charge is 0.149 e. The first-order chi connectivity index (χ1) is 8.56. The number of nitrogens with zero attached hydrogens (tertiary/aromatic N) is 1. The largest absolute Gasteiger partial charge is 0.396 e. The summed E-state index contributed by atoms with van der Waals surface area (Å²) in [5.41, 5.74) is 8.12. The van der Waals surface area contributed by atoms with E-state index in [0.717, 1.165) is 11.3 Å². The minimum absolute atomic E-state index is 0.111. The number of hydrogen-bond acceptors (Lipinski definition) is 3. The molecule has 3 nitrogen and oxygen atoms in total. The summed E-state index contributed by atoms with van der Waals surface area (Å²) >= 11 is 5.71. The summed E-state index contributed by atoms with van der Waals surface area (Å²) in [4.78, 5) is 4.28. The van der Waals surface area contributed by atoms with Gasteiger partial charge in [-0.3, -0.25) is 0 Å². The quantitative estimate of drug-likeness (QED) is 0.895. The molecule has 2 aromatic rings. The first kappa shape index (κ1) is 12.6. The first-order valence-electron chi connectivity index (χ1n) is 5.47. The fraction of sp³-hybridized carbons (Fsp3) is 0.154. The van der Waals surface area contributed by atoms with Crippen molar-refractivity contribution in [1.29, 1.82) is 0 Å². The third-order valence-corrected chi connectivity index (χ3v) is 2.80. The van der Waals surface area contributed by atoms with Crippen LogP contribution in [0.2, 0.25) is 5.02 Å². The van der Waals surface area contributed by atoms with Crippen LogP contribution in [0.25, 0.3) is 0 Å². The van der Waals surface area contributed by atoms with Gasteiger partial charge in [0.2, 0.25) is 0 Å². The molecule has 1 aromatic heterocycles. The van der Waals surface area contributed by atoms with Crippen LogP contribution in [0.4, 0.5) is 15.9 Å². The highest BCUT2D eigenvalue weighted by Crippen LogP contribution is 2.19. The number of nitrogens with two attached hydrogens (primary N) is 1. The molecular weight excluding hydrogens is 253 g/mol. The second kappa shape index (κ2) is 5.23. The number of aryl methyl sites for hydroxylation is 1. The van der Waals surface area contributed by atoms with Crippen molar-refractivity contribution in [1.82, 2.24) is 4.98 Å². The van der Waals surface area contributed by atoms with Gasteiger partial charge >= 0.3 is 0 Å². The van der Waals surface area contributed by atoms with Crippen LogP contribution < -0.4 is 11.1 Å². The number of rotatable bonds is 3. The molecule has 5 heteroatoms. The Hall–Kier alpha value is -1.81. The Labute approximate surface area is 110 Å². The van der Waals surface area contributed by atoms with Crippen LogP contribution in [-0.4, -0.2) is 4.98 Å². The van der Waals surface area contributed by atoms with E-state index in [1.165, 1.54) is 6.07 Å². The Morgan fingerprint density at radius 2 is 2.11 bits per heavy atom. The summed E-state index contributed by atoms with van der Waals surface area (Å²) in [6, 6.07) is 8.22. The Morgan fingerprint density at radius 1 is 1.33 bits per heavy atom. The van der Waals surface area contributed by atoms with Crippen LogP contribution in [0.15, 0.2) is 30.3 Å². The fourth-order valence-corrected chi connectivity index (χ4v) is 1.75. The third-order valence-electron chi connectivity index (χ3n) is 2.51. The van der Waals surface area contributed by atoms with E-state index < -0.39 is 5.82 Å².